The standard InChI is InChI=1S/C29H32O5S/c1-2-35-29-27(31-19-22-14-8-4-9-15-22)26(30-18-21-12-6-3-7-13-21)25-24(33-29)20-32-28(34-25)23-16-10-5-11-17-23/h3-17,24-29H,2,18-20H2,1H3/t24-,25-,26+,27-,28-,29-/m1/s1. The van der Waals surface area contributed by atoms with Gasteiger partial charge in [-0.25, -0.2) is 0 Å². The van der Waals surface area contributed by atoms with Crippen LogP contribution in [0.2, 0.25) is 0 Å². The van der Waals surface area contributed by atoms with Crippen molar-refractivity contribution in [3.63, 3.8) is 0 Å². The Balaban J connectivity index is 1.40. The molecule has 0 bridgehead atoms. The molecule has 0 N–H and O–H groups in total. The Hall–Kier alpha value is -2.19. The predicted molar refractivity (Wildman–Crippen MR) is 137 cm³/mol. The largest absolute Gasteiger partial charge is 0.368 e. The lowest BCUT2D eigenvalue weighted by Crippen LogP contribution is -2.62. The van der Waals surface area contributed by atoms with E-state index in [4.69, 9.17) is 23.7 Å². The molecule has 6 atom stereocenters. The van der Waals surface area contributed by atoms with Gasteiger partial charge in [0.15, 0.2) is 6.29 Å². The normalized spacial score (nSPS) is 28.4. The van der Waals surface area contributed by atoms with E-state index in [0.717, 1.165) is 22.4 Å². The number of ether oxygens (including phenoxy) is 5. The predicted octanol–water partition coefficient (Wildman–Crippen LogP) is 5.75. The molecular formula is C29H32O5S. The zero-order valence-electron chi connectivity index (χ0n) is 19.9. The molecule has 0 spiro atoms. The third kappa shape index (κ3) is 6.15. The third-order valence-corrected chi connectivity index (χ3v) is 7.30. The monoisotopic (exact) mass is 492 g/mol. The molecule has 6 heteroatoms. The fraction of sp³-hybridized carbons (Fsp3) is 0.379. The van der Waals surface area contributed by atoms with Crippen LogP contribution in [-0.4, -0.2) is 42.2 Å². The van der Waals surface area contributed by atoms with E-state index in [-0.39, 0.29) is 29.9 Å². The van der Waals surface area contributed by atoms with Gasteiger partial charge in [0.1, 0.15) is 29.9 Å². The summed E-state index contributed by atoms with van der Waals surface area (Å²) in [6.45, 7) is 3.54. The van der Waals surface area contributed by atoms with Crippen molar-refractivity contribution in [3.05, 3.63) is 108 Å². The van der Waals surface area contributed by atoms with Gasteiger partial charge >= 0.3 is 0 Å². The number of benzene rings is 3. The van der Waals surface area contributed by atoms with Crippen LogP contribution in [0, 0.1) is 0 Å². The molecule has 0 radical (unpaired) electrons. The Morgan fingerprint density at radius 2 is 1.31 bits per heavy atom. The molecule has 5 nitrogen and oxygen atoms in total. The Morgan fingerprint density at radius 3 is 1.91 bits per heavy atom. The van der Waals surface area contributed by atoms with Crippen molar-refractivity contribution in [2.24, 2.45) is 0 Å². The molecule has 2 aliphatic rings. The Bertz CT molecular complexity index is 1020. The molecule has 0 unspecified atom stereocenters. The van der Waals surface area contributed by atoms with Crippen molar-refractivity contribution in [2.75, 3.05) is 12.4 Å². The van der Waals surface area contributed by atoms with Gasteiger partial charge in [-0.3, -0.25) is 0 Å². The second kappa shape index (κ2) is 12.2. The molecule has 2 saturated heterocycles. The summed E-state index contributed by atoms with van der Waals surface area (Å²) in [4.78, 5) is 0. The fourth-order valence-electron chi connectivity index (χ4n) is 4.52. The summed E-state index contributed by atoms with van der Waals surface area (Å²) in [5.41, 5.74) is 3.04. The lowest BCUT2D eigenvalue weighted by atomic mass is 9.98. The van der Waals surface area contributed by atoms with Crippen LogP contribution >= 0.6 is 11.8 Å². The highest BCUT2D eigenvalue weighted by molar-refractivity contribution is 7.99. The van der Waals surface area contributed by atoms with Gasteiger partial charge in [0.2, 0.25) is 0 Å². The topological polar surface area (TPSA) is 46.2 Å². The van der Waals surface area contributed by atoms with Gasteiger partial charge in [0.05, 0.1) is 19.8 Å². The van der Waals surface area contributed by atoms with E-state index in [1.807, 2.05) is 66.7 Å². The van der Waals surface area contributed by atoms with Gasteiger partial charge < -0.3 is 23.7 Å². The van der Waals surface area contributed by atoms with E-state index >= 15 is 0 Å². The van der Waals surface area contributed by atoms with Crippen LogP contribution in [0.1, 0.15) is 29.9 Å². The molecule has 184 valence electrons. The first-order valence-electron chi connectivity index (χ1n) is 12.2. The van der Waals surface area contributed by atoms with Gasteiger partial charge in [0.25, 0.3) is 0 Å². The molecule has 3 aromatic carbocycles. The van der Waals surface area contributed by atoms with E-state index in [1.165, 1.54) is 0 Å². The maximum absolute atomic E-state index is 6.60. The third-order valence-electron chi connectivity index (χ3n) is 6.26. The average Bonchev–Trinajstić information content (AvgIpc) is 2.92. The van der Waals surface area contributed by atoms with Crippen LogP contribution in [0.5, 0.6) is 0 Å². The molecule has 3 aromatic rings. The Labute approximate surface area is 211 Å². The first kappa shape index (κ1) is 24.5. The molecule has 0 aromatic heterocycles. The van der Waals surface area contributed by atoms with Crippen LogP contribution < -0.4 is 0 Å². The van der Waals surface area contributed by atoms with Gasteiger partial charge in [-0.15, -0.1) is 11.8 Å². The molecule has 0 saturated carbocycles. The minimum atomic E-state index is -0.464. The van der Waals surface area contributed by atoms with E-state index in [0.29, 0.717) is 19.8 Å². The van der Waals surface area contributed by atoms with Gasteiger partial charge in [-0.05, 0) is 16.9 Å². The van der Waals surface area contributed by atoms with Crippen molar-refractivity contribution in [2.45, 2.75) is 56.3 Å². The van der Waals surface area contributed by atoms with Crippen LogP contribution in [0.15, 0.2) is 91.0 Å². The van der Waals surface area contributed by atoms with E-state index in [2.05, 4.69) is 31.2 Å². The van der Waals surface area contributed by atoms with Crippen molar-refractivity contribution in [3.8, 4) is 0 Å². The second-order valence-corrected chi connectivity index (χ2v) is 10.1. The molecule has 2 heterocycles. The summed E-state index contributed by atoms with van der Waals surface area (Å²) in [7, 11) is 0. The van der Waals surface area contributed by atoms with Crippen molar-refractivity contribution in [1.82, 2.24) is 0 Å². The maximum Gasteiger partial charge on any atom is 0.184 e. The molecule has 2 fully saturated rings. The van der Waals surface area contributed by atoms with Gasteiger partial charge in [-0.2, -0.15) is 0 Å². The molecule has 0 aliphatic carbocycles. The summed E-state index contributed by atoms with van der Waals surface area (Å²) < 4.78 is 32.2. The summed E-state index contributed by atoms with van der Waals surface area (Å²) >= 11 is 1.74. The summed E-state index contributed by atoms with van der Waals surface area (Å²) in [6, 6.07) is 30.5. The fourth-order valence-corrected chi connectivity index (χ4v) is 5.50. The molecule has 35 heavy (non-hydrogen) atoms. The van der Waals surface area contributed by atoms with Crippen LogP contribution in [0.25, 0.3) is 0 Å². The highest BCUT2D eigenvalue weighted by atomic mass is 32.2. The highest BCUT2D eigenvalue weighted by Crippen LogP contribution is 2.39. The quantitative estimate of drug-likeness (QED) is 0.379. The van der Waals surface area contributed by atoms with E-state index < -0.39 is 6.29 Å². The van der Waals surface area contributed by atoms with Crippen molar-refractivity contribution in [1.29, 1.82) is 0 Å². The van der Waals surface area contributed by atoms with Crippen molar-refractivity contribution < 1.29 is 23.7 Å². The lowest BCUT2D eigenvalue weighted by Gasteiger charge is -2.49. The first-order valence-corrected chi connectivity index (χ1v) is 13.3. The van der Waals surface area contributed by atoms with E-state index in [9.17, 15) is 0 Å². The minimum absolute atomic E-state index is 0.175. The molecule has 0 amide bonds. The lowest BCUT2D eigenvalue weighted by molar-refractivity contribution is -0.329. The second-order valence-electron chi connectivity index (χ2n) is 8.70. The highest BCUT2D eigenvalue weighted by Gasteiger charge is 2.51. The zero-order valence-corrected chi connectivity index (χ0v) is 20.7. The minimum Gasteiger partial charge on any atom is -0.368 e. The summed E-state index contributed by atoms with van der Waals surface area (Å²) in [5, 5.41) is 0. The molecular weight excluding hydrogens is 460 g/mol. The van der Waals surface area contributed by atoms with Crippen molar-refractivity contribution >= 4 is 11.8 Å². The van der Waals surface area contributed by atoms with Gasteiger partial charge in [-0.1, -0.05) is 97.9 Å². The number of thioether (sulfide) groups is 1. The first-order chi connectivity index (χ1) is 17.3. The van der Waals surface area contributed by atoms with Gasteiger partial charge in [0, 0.05) is 5.56 Å². The SMILES string of the molecule is CCS[C@H]1O[C@@H]2CO[C@@H](c3ccccc3)O[C@H]2[C@H](OCc2ccccc2)[C@H]1OCc1ccccc1. The smallest absolute Gasteiger partial charge is 0.184 e. The summed E-state index contributed by atoms with van der Waals surface area (Å²) in [5.74, 6) is 0.910. The Morgan fingerprint density at radius 1 is 0.743 bits per heavy atom. The maximum atomic E-state index is 6.60. The number of fused-ring (bicyclic) bond motifs is 1. The number of rotatable bonds is 9. The average molecular weight is 493 g/mol. The zero-order chi connectivity index (χ0) is 23.9. The number of hydrogen-bond donors (Lipinski definition) is 0. The van der Waals surface area contributed by atoms with Crippen LogP contribution in [-0.2, 0) is 36.9 Å². The van der Waals surface area contributed by atoms with Crippen LogP contribution in [0.4, 0.5) is 0 Å². The molecule has 5 rings (SSSR count). The molecule has 2 aliphatic heterocycles. The van der Waals surface area contributed by atoms with Crippen LogP contribution in [0.3, 0.4) is 0 Å². The summed E-state index contributed by atoms with van der Waals surface area (Å²) in [6.07, 6.45) is -1.60. The number of hydrogen-bond acceptors (Lipinski definition) is 6. The Kier molecular flexibility index (Phi) is 8.52. The van der Waals surface area contributed by atoms with E-state index in [1.54, 1.807) is 11.8 Å².